The molecule has 0 amide bonds. The average Bonchev–Trinajstić information content (AvgIpc) is 3.14. The van der Waals surface area contributed by atoms with E-state index < -0.39 is 35.4 Å². The van der Waals surface area contributed by atoms with Crippen molar-refractivity contribution < 1.29 is 34.7 Å². The highest BCUT2D eigenvalue weighted by Gasteiger charge is 2.63. The number of fused-ring (bicyclic) bond motifs is 5. The van der Waals surface area contributed by atoms with Crippen LogP contribution in [0.4, 0.5) is 0 Å². The van der Waals surface area contributed by atoms with Crippen LogP contribution in [0.15, 0.2) is 0 Å². The second-order valence-corrected chi connectivity index (χ2v) is 13.8. The second-order valence-electron chi connectivity index (χ2n) is 13.8. The van der Waals surface area contributed by atoms with E-state index in [0.29, 0.717) is 18.9 Å². The van der Waals surface area contributed by atoms with Gasteiger partial charge in [0.2, 0.25) is 0 Å². The molecule has 0 radical (unpaired) electrons. The number of aliphatic hydroxyl groups excluding tert-OH is 4. The van der Waals surface area contributed by atoms with Crippen molar-refractivity contribution in [1.29, 1.82) is 0 Å². The molecule has 4 N–H and O–H groups in total. The van der Waals surface area contributed by atoms with Gasteiger partial charge >= 0.3 is 5.97 Å². The van der Waals surface area contributed by atoms with E-state index >= 15 is 0 Å². The monoisotopic (exact) mass is 510 g/mol. The summed E-state index contributed by atoms with van der Waals surface area (Å²) >= 11 is 0. The molecule has 4 aliphatic rings. The van der Waals surface area contributed by atoms with Gasteiger partial charge in [-0.3, -0.25) is 4.79 Å². The van der Waals surface area contributed by atoms with E-state index in [-0.39, 0.29) is 53.3 Å². The Bertz CT molecular complexity index is 815. The third-order valence-corrected chi connectivity index (χ3v) is 12.1. The Morgan fingerprint density at radius 1 is 1.00 bits per heavy atom. The van der Waals surface area contributed by atoms with Gasteiger partial charge in [0.1, 0.15) is 0 Å². The number of cyclic esters (lactones) is 1. The highest BCUT2D eigenvalue weighted by atomic mass is 16.5. The molecule has 4 rings (SSSR count). The van der Waals surface area contributed by atoms with Crippen molar-refractivity contribution in [3.05, 3.63) is 0 Å². The molecule has 208 valence electrons. The molecule has 3 saturated carbocycles. The van der Waals surface area contributed by atoms with Gasteiger partial charge in [0, 0.05) is 13.0 Å². The fourth-order valence-corrected chi connectivity index (χ4v) is 9.14. The lowest BCUT2D eigenvalue weighted by Crippen LogP contribution is -2.55. The van der Waals surface area contributed by atoms with Crippen molar-refractivity contribution in [2.45, 2.75) is 110 Å². The number of carbonyl (C=O) groups is 1. The lowest BCUT2D eigenvalue weighted by atomic mass is 9.48. The van der Waals surface area contributed by atoms with E-state index in [1.54, 1.807) is 7.11 Å². The summed E-state index contributed by atoms with van der Waals surface area (Å²) in [6.45, 7) is 12.8. The standard InChI is InChI=1S/C29H50O7/c1-15(24(32)25(33)16(2)27(3,4)35-7)18-8-9-19-17-14-36-26(34)21-12-22(30)23(31)13-29(21,6)20(17)10-11-28(18,19)5/h15-25,30-33H,8-14H2,1-7H3/t15-,16-,17-,18+,19-,20-,21+,22-,23+,24+,25+,28+,29+/m0/s1. The van der Waals surface area contributed by atoms with E-state index in [2.05, 4.69) is 20.8 Å². The van der Waals surface area contributed by atoms with Crippen molar-refractivity contribution in [3.63, 3.8) is 0 Å². The van der Waals surface area contributed by atoms with E-state index in [9.17, 15) is 25.2 Å². The average molecular weight is 511 g/mol. The number of hydrogen-bond acceptors (Lipinski definition) is 7. The van der Waals surface area contributed by atoms with E-state index in [4.69, 9.17) is 9.47 Å². The first kappa shape index (κ1) is 28.3. The fraction of sp³-hybridized carbons (Fsp3) is 0.966. The Balaban J connectivity index is 1.56. The predicted molar refractivity (Wildman–Crippen MR) is 136 cm³/mol. The molecule has 7 heteroatoms. The summed E-state index contributed by atoms with van der Waals surface area (Å²) in [5.41, 5.74) is -0.954. The highest BCUT2D eigenvalue weighted by molar-refractivity contribution is 5.74. The minimum Gasteiger partial charge on any atom is -0.465 e. The van der Waals surface area contributed by atoms with Gasteiger partial charge in [-0.1, -0.05) is 27.7 Å². The molecular formula is C29H50O7. The Kier molecular flexibility index (Phi) is 7.69. The molecule has 1 aliphatic heterocycles. The van der Waals surface area contributed by atoms with Crippen LogP contribution in [0.5, 0.6) is 0 Å². The topological polar surface area (TPSA) is 116 Å². The Morgan fingerprint density at radius 2 is 1.64 bits per heavy atom. The van der Waals surface area contributed by atoms with Gasteiger partial charge in [0.05, 0.1) is 42.5 Å². The zero-order chi connectivity index (χ0) is 26.8. The maximum atomic E-state index is 13.0. The molecule has 0 aromatic heterocycles. The molecule has 7 nitrogen and oxygen atoms in total. The minimum absolute atomic E-state index is 0.0172. The molecule has 1 saturated heterocycles. The SMILES string of the molecule is COC(C)(C)[C@@H](C)[C@@H](O)[C@H](O)[C@@H](C)[C@H]1CC[C@H]2[C@@H]3COC(=O)[C@H]4C[C@H](O)[C@H](O)C[C@]4(C)[C@H]3CC[C@]12C. The van der Waals surface area contributed by atoms with Gasteiger partial charge in [-0.15, -0.1) is 0 Å². The van der Waals surface area contributed by atoms with Gasteiger partial charge in [-0.2, -0.15) is 0 Å². The predicted octanol–water partition coefficient (Wildman–Crippen LogP) is 3.16. The van der Waals surface area contributed by atoms with Gasteiger partial charge in [0.25, 0.3) is 0 Å². The molecule has 0 unspecified atom stereocenters. The van der Waals surface area contributed by atoms with Crippen LogP contribution in [0.3, 0.4) is 0 Å². The molecule has 13 atom stereocenters. The van der Waals surface area contributed by atoms with Crippen molar-refractivity contribution in [2.75, 3.05) is 13.7 Å². The van der Waals surface area contributed by atoms with Crippen LogP contribution >= 0.6 is 0 Å². The summed E-state index contributed by atoms with van der Waals surface area (Å²) < 4.78 is 11.5. The van der Waals surface area contributed by atoms with Crippen LogP contribution in [-0.4, -0.2) is 70.1 Å². The van der Waals surface area contributed by atoms with Gasteiger partial charge < -0.3 is 29.9 Å². The van der Waals surface area contributed by atoms with Gasteiger partial charge in [-0.25, -0.2) is 0 Å². The van der Waals surface area contributed by atoms with Crippen molar-refractivity contribution in [2.24, 2.45) is 52.3 Å². The summed E-state index contributed by atoms with van der Waals surface area (Å²) in [5, 5.41) is 43.3. The maximum Gasteiger partial charge on any atom is 0.309 e. The number of hydrogen-bond donors (Lipinski definition) is 4. The number of esters is 1. The van der Waals surface area contributed by atoms with Crippen LogP contribution in [0.25, 0.3) is 0 Å². The number of ether oxygens (including phenoxy) is 2. The normalized spacial score (nSPS) is 46.4. The maximum absolute atomic E-state index is 13.0. The summed E-state index contributed by atoms with van der Waals surface area (Å²) in [5.74, 6) is 0.152. The molecule has 1 heterocycles. The molecule has 0 bridgehead atoms. The number of rotatable bonds is 6. The van der Waals surface area contributed by atoms with Crippen molar-refractivity contribution in [1.82, 2.24) is 0 Å². The van der Waals surface area contributed by atoms with Crippen LogP contribution in [-0.2, 0) is 14.3 Å². The van der Waals surface area contributed by atoms with E-state index in [1.807, 2.05) is 20.8 Å². The number of aliphatic hydroxyl groups is 4. The molecule has 4 fully saturated rings. The minimum atomic E-state index is -0.886. The van der Waals surface area contributed by atoms with Gasteiger partial charge in [-0.05, 0) is 92.8 Å². The molecule has 0 aromatic rings. The fourth-order valence-electron chi connectivity index (χ4n) is 9.14. The summed E-state index contributed by atoms with van der Waals surface area (Å²) in [6, 6.07) is 0. The van der Waals surface area contributed by atoms with E-state index in [0.717, 1.165) is 25.7 Å². The number of carbonyl (C=O) groups excluding carboxylic acids is 1. The third kappa shape index (κ3) is 4.35. The first-order chi connectivity index (χ1) is 16.7. The van der Waals surface area contributed by atoms with Crippen LogP contribution in [0, 0.1) is 52.3 Å². The van der Waals surface area contributed by atoms with Gasteiger partial charge in [0.15, 0.2) is 0 Å². The molecule has 0 spiro atoms. The zero-order valence-corrected chi connectivity index (χ0v) is 23.3. The third-order valence-electron chi connectivity index (χ3n) is 12.1. The summed E-state index contributed by atoms with van der Waals surface area (Å²) in [6.07, 6.45) is 1.19. The van der Waals surface area contributed by atoms with Crippen LogP contribution in [0.1, 0.15) is 80.1 Å². The van der Waals surface area contributed by atoms with Crippen molar-refractivity contribution in [3.8, 4) is 0 Å². The molecular weight excluding hydrogens is 460 g/mol. The molecule has 36 heavy (non-hydrogen) atoms. The molecule has 3 aliphatic carbocycles. The largest absolute Gasteiger partial charge is 0.465 e. The lowest BCUT2D eigenvalue weighted by molar-refractivity contribution is -0.162. The summed E-state index contributed by atoms with van der Waals surface area (Å²) in [7, 11) is 1.64. The van der Waals surface area contributed by atoms with E-state index in [1.165, 1.54) is 0 Å². The number of methoxy groups -OCH3 is 1. The second kappa shape index (κ2) is 9.78. The lowest BCUT2D eigenvalue weighted by Gasteiger charge is -2.56. The Morgan fingerprint density at radius 3 is 2.28 bits per heavy atom. The van der Waals surface area contributed by atoms with Crippen molar-refractivity contribution >= 4 is 5.97 Å². The van der Waals surface area contributed by atoms with Crippen LogP contribution in [0.2, 0.25) is 0 Å². The Hall–Kier alpha value is -0.730. The van der Waals surface area contributed by atoms with Crippen LogP contribution < -0.4 is 0 Å². The quantitative estimate of drug-likeness (QED) is 0.406. The molecule has 0 aromatic carbocycles. The highest BCUT2D eigenvalue weighted by Crippen LogP contribution is 2.66. The summed E-state index contributed by atoms with van der Waals surface area (Å²) in [4.78, 5) is 13.0. The first-order valence-corrected chi connectivity index (χ1v) is 14.1. The Labute approximate surface area is 216 Å². The smallest absolute Gasteiger partial charge is 0.309 e. The first-order valence-electron chi connectivity index (χ1n) is 14.1. The zero-order valence-electron chi connectivity index (χ0n) is 23.3.